The Hall–Kier alpha value is -1.82. The number of benzene rings is 1. The first-order valence-corrected chi connectivity index (χ1v) is 4.47. The number of halogens is 1. The molecule has 1 aromatic carbocycles. The van der Waals surface area contributed by atoms with Crippen LogP contribution in [0.3, 0.4) is 0 Å². The fraction of sp³-hybridized carbons (Fsp3) is 0.300. The van der Waals surface area contributed by atoms with Crippen LogP contribution in [0, 0.1) is 5.82 Å². The molecule has 1 aromatic rings. The Labute approximate surface area is 90.9 Å². The predicted molar refractivity (Wildman–Crippen MR) is 53.7 cm³/mol. The van der Waals surface area contributed by atoms with Crippen LogP contribution in [0.1, 0.15) is 12.5 Å². The van der Waals surface area contributed by atoms with Gasteiger partial charge >= 0.3 is 5.97 Å². The van der Waals surface area contributed by atoms with E-state index >= 15 is 0 Å². The minimum absolute atomic E-state index is 0.0669. The highest BCUT2D eigenvalue weighted by atomic mass is 19.1. The third kappa shape index (κ3) is 2.22. The topological polar surface area (TPSA) is 104 Å². The van der Waals surface area contributed by atoms with Gasteiger partial charge in [0.25, 0.3) is 0 Å². The lowest BCUT2D eigenvalue weighted by Gasteiger charge is -2.19. The van der Waals surface area contributed by atoms with E-state index in [4.69, 9.17) is 21.1 Å². The lowest BCUT2D eigenvalue weighted by molar-refractivity contribution is -0.142. The van der Waals surface area contributed by atoms with Crippen molar-refractivity contribution in [2.45, 2.75) is 18.9 Å². The molecule has 0 saturated carbocycles. The van der Waals surface area contributed by atoms with Gasteiger partial charge in [-0.15, -0.1) is 0 Å². The van der Waals surface area contributed by atoms with Gasteiger partial charge in [-0.2, -0.15) is 0 Å². The highest BCUT2D eigenvalue weighted by Crippen LogP contribution is 2.30. The van der Waals surface area contributed by atoms with Crippen molar-refractivity contribution in [1.29, 1.82) is 0 Å². The molecule has 6 heteroatoms. The zero-order valence-corrected chi connectivity index (χ0v) is 8.57. The van der Waals surface area contributed by atoms with Gasteiger partial charge in [0, 0.05) is 6.42 Å². The van der Waals surface area contributed by atoms with Crippen molar-refractivity contribution in [1.82, 2.24) is 0 Å². The normalized spacial score (nSPS) is 14.4. The first-order valence-electron chi connectivity index (χ1n) is 4.47. The molecule has 0 heterocycles. The fourth-order valence-electron chi connectivity index (χ4n) is 1.20. The van der Waals surface area contributed by atoms with Crippen LogP contribution in [-0.4, -0.2) is 26.8 Å². The zero-order chi connectivity index (χ0) is 12.5. The number of carboxylic acid groups (broad SMARTS) is 1. The summed E-state index contributed by atoms with van der Waals surface area (Å²) in [4.78, 5) is 10.7. The number of phenolic OH excluding ortho intramolecular Hbond substituents is 2. The number of nitrogens with two attached hydrogens (primary N) is 1. The molecule has 1 rings (SSSR count). The van der Waals surface area contributed by atoms with Crippen molar-refractivity contribution < 1.29 is 24.5 Å². The molecule has 0 aliphatic rings. The molecule has 0 aliphatic heterocycles. The molecule has 0 spiro atoms. The van der Waals surface area contributed by atoms with Crippen molar-refractivity contribution >= 4 is 5.97 Å². The van der Waals surface area contributed by atoms with Gasteiger partial charge in [0.15, 0.2) is 17.3 Å². The standard InChI is InChI=1S/C10H12FNO4/c1-10(12,9(15)16)4-5-2-3-6(13)8(14)7(5)11/h2-3,13-14H,4,12H2,1H3,(H,15,16). The van der Waals surface area contributed by atoms with E-state index in [1.165, 1.54) is 13.0 Å². The van der Waals surface area contributed by atoms with E-state index in [2.05, 4.69) is 0 Å². The fourth-order valence-corrected chi connectivity index (χ4v) is 1.20. The van der Waals surface area contributed by atoms with E-state index < -0.39 is 28.8 Å². The molecule has 0 aliphatic carbocycles. The molecule has 1 atom stereocenters. The first-order chi connectivity index (χ1) is 7.25. The van der Waals surface area contributed by atoms with Crippen LogP contribution in [0.25, 0.3) is 0 Å². The van der Waals surface area contributed by atoms with E-state index in [0.29, 0.717) is 0 Å². The van der Waals surface area contributed by atoms with Crippen molar-refractivity contribution in [3.8, 4) is 11.5 Å². The third-order valence-corrected chi connectivity index (χ3v) is 2.22. The molecular formula is C10H12FNO4. The molecule has 0 bridgehead atoms. The number of phenols is 2. The molecule has 0 fully saturated rings. The molecule has 16 heavy (non-hydrogen) atoms. The van der Waals surface area contributed by atoms with Gasteiger partial charge < -0.3 is 21.1 Å². The Morgan fingerprint density at radius 3 is 2.56 bits per heavy atom. The summed E-state index contributed by atoms with van der Waals surface area (Å²) in [6, 6.07) is 2.25. The van der Waals surface area contributed by atoms with Crippen LogP contribution in [0.4, 0.5) is 4.39 Å². The van der Waals surface area contributed by atoms with E-state index in [1.807, 2.05) is 0 Å². The minimum atomic E-state index is -1.63. The summed E-state index contributed by atoms with van der Waals surface area (Å²) in [7, 11) is 0. The SMILES string of the molecule is CC(N)(Cc1ccc(O)c(O)c1F)C(=O)O. The van der Waals surface area contributed by atoms with E-state index in [0.717, 1.165) is 6.07 Å². The molecule has 5 nitrogen and oxygen atoms in total. The summed E-state index contributed by atoms with van der Waals surface area (Å²) in [5.74, 6) is -3.84. The van der Waals surface area contributed by atoms with E-state index in [9.17, 15) is 9.18 Å². The second-order valence-electron chi connectivity index (χ2n) is 3.81. The quantitative estimate of drug-likeness (QED) is 0.567. The number of carbonyl (C=O) groups is 1. The van der Waals surface area contributed by atoms with Crippen LogP contribution in [0.5, 0.6) is 11.5 Å². The summed E-state index contributed by atoms with van der Waals surface area (Å²) in [5.41, 5.74) is 3.74. The average Bonchev–Trinajstić information content (AvgIpc) is 2.19. The van der Waals surface area contributed by atoms with Gasteiger partial charge in [0.05, 0.1) is 0 Å². The molecule has 88 valence electrons. The maximum atomic E-state index is 13.4. The van der Waals surface area contributed by atoms with Crippen LogP contribution < -0.4 is 5.73 Å². The molecule has 0 aromatic heterocycles. The van der Waals surface area contributed by atoms with Crippen LogP contribution in [0.2, 0.25) is 0 Å². The van der Waals surface area contributed by atoms with Gasteiger partial charge in [0.1, 0.15) is 5.54 Å². The van der Waals surface area contributed by atoms with Gasteiger partial charge in [0.2, 0.25) is 0 Å². The number of aliphatic carboxylic acids is 1. The van der Waals surface area contributed by atoms with Gasteiger partial charge in [-0.25, -0.2) is 4.39 Å². The Morgan fingerprint density at radius 2 is 2.06 bits per heavy atom. The van der Waals surface area contributed by atoms with Crippen LogP contribution in [-0.2, 0) is 11.2 Å². The minimum Gasteiger partial charge on any atom is -0.504 e. The van der Waals surface area contributed by atoms with Crippen molar-refractivity contribution in [3.63, 3.8) is 0 Å². The van der Waals surface area contributed by atoms with Crippen molar-refractivity contribution in [2.75, 3.05) is 0 Å². The Kier molecular flexibility index (Phi) is 3.04. The first kappa shape index (κ1) is 12.3. The number of carboxylic acids is 1. The molecular weight excluding hydrogens is 217 g/mol. The number of hydrogen-bond acceptors (Lipinski definition) is 4. The van der Waals surface area contributed by atoms with Crippen LogP contribution >= 0.6 is 0 Å². The predicted octanol–water partition coefficient (Wildman–Crippen LogP) is 0.581. The highest BCUT2D eigenvalue weighted by molar-refractivity contribution is 5.78. The van der Waals surface area contributed by atoms with Crippen LogP contribution in [0.15, 0.2) is 12.1 Å². The summed E-state index contributed by atoms with van der Waals surface area (Å²) >= 11 is 0. The zero-order valence-electron chi connectivity index (χ0n) is 8.57. The molecule has 5 N–H and O–H groups in total. The largest absolute Gasteiger partial charge is 0.504 e. The Bertz CT molecular complexity index is 431. The Morgan fingerprint density at radius 1 is 1.50 bits per heavy atom. The summed E-state index contributed by atoms with van der Waals surface area (Å²) < 4.78 is 13.4. The smallest absolute Gasteiger partial charge is 0.323 e. The molecule has 1 unspecified atom stereocenters. The third-order valence-electron chi connectivity index (χ3n) is 2.22. The molecule has 0 amide bonds. The lowest BCUT2D eigenvalue weighted by Crippen LogP contribution is -2.47. The summed E-state index contributed by atoms with van der Waals surface area (Å²) in [6.07, 6.45) is -0.290. The van der Waals surface area contributed by atoms with Crippen molar-refractivity contribution in [2.24, 2.45) is 5.73 Å². The average molecular weight is 229 g/mol. The lowest BCUT2D eigenvalue weighted by atomic mass is 9.93. The Balaban J connectivity index is 3.08. The highest BCUT2D eigenvalue weighted by Gasteiger charge is 2.30. The maximum Gasteiger partial charge on any atom is 0.323 e. The maximum absolute atomic E-state index is 13.4. The summed E-state index contributed by atoms with van der Waals surface area (Å²) in [5, 5.41) is 26.9. The van der Waals surface area contributed by atoms with Gasteiger partial charge in [-0.1, -0.05) is 6.07 Å². The van der Waals surface area contributed by atoms with Gasteiger partial charge in [-0.05, 0) is 18.6 Å². The molecule has 0 saturated heterocycles. The molecule has 0 radical (unpaired) electrons. The van der Waals surface area contributed by atoms with E-state index in [1.54, 1.807) is 0 Å². The van der Waals surface area contributed by atoms with E-state index in [-0.39, 0.29) is 12.0 Å². The monoisotopic (exact) mass is 229 g/mol. The van der Waals surface area contributed by atoms with Crippen molar-refractivity contribution in [3.05, 3.63) is 23.5 Å². The second-order valence-corrected chi connectivity index (χ2v) is 3.81. The number of aromatic hydroxyl groups is 2. The second kappa shape index (κ2) is 3.97. The summed E-state index contributed by atoms with van der Waals surface area (Å²) in [6.45, 7) is 1.23. The number of hydrogen-bond donors (Lipinski definition) is 4. The number of rotatable bonds is 3. The van der Waals surface area contributed by atoms with Gasteiger partial charge in [-0.3, -0.25) is 4.79 Å².